The molecule has 0 saturated carbocycles. The first kappa shape index (κ1) is 23.9. The monoisotopic (exact) mass is 464 g/mol. The normalized spacial score (nSPS) is 14.1. The highest BCUT2D eigenvalue weighted by Gasteiger charge is 2.26. The van der Waals surface area contributed by atoms with Gasteiger partial charge in [-0.3, -0.25) is 24.6 Å². The van der Waals surface area contributed by atoms with Crippen LogP contribution in [0.3, 0.4) is 0 Å². The van der Waals surface area contributed by atoms with Gasteiger partial charge in [-0.05, 0) is 24.3 Å². The van der Waals surface area contributed by atoms with Crippen LogP contribution in [0.1, 0.15) is 10.4 Å². The van der Waals surface area contributed by atoms with E-state index in [0.29, 0.717) is 18.8 Å². The molecule has 0 unspecified atom stereocenters. The zero-order valence-electron chi connectivity index (χ0n) is 17.7. The molecule has 0 atom stereocenters. The van der Waals surface area contributed by atoms with E-state index in [1.165, 1.54) is 48.4 Å². The quantitative estimate of drug-likeness (QED) is 0.472. The summed E-state index contributed by atoms with van der Waals surface area (Å²) in [6.45, 7) is -1.80. The minimum atomic E-state index is -3.05. The molecule has 12 heteroatoms. The molecular weight excluding hydrogens is 442 g/mol. The molecule has 0 radical (unpaired) electrons. The van der Waals surface area contributed by atoms with Crippen molar-refractivity contribution in [3.8, 4) is 11.5 Å². The van der Waals surface area contributed by atoms with E-state index >= 15 is 0 Å². The summed E-state index contributed by atoms with van der Waals surface area (Å²) in [6, 6.07) is 9.89. The topological polar surface area (TPSA) is 114 Å². The van der Waals surface area contributed by atoms with Crippen molar-refractivity contribution in [3.63, 3.8) is 0 Å². The fourth-order valence-electron chi connectivity index (χ4n) is 3.41. The number of halogens is 2. The van der Waals surface area contributed by atoms with E-state index in [2.05, 4.69) is 10.1 Å². The lowest BCUT2D eigenvalue weighted by Crippen LogP contribution is -2.50. The number of carbonyl (C=O) groups is 2. The number of para-hydroxylation sites is 1. The van der Waals surface area contributed by atoms with Crippen molar-refractivity contribution < 1.29 is 32.8 Å². The first-order chi connectivity index (χ1) is 15.8. The minimum Gasteiger partial charge on any atom is -0.496 e. The number of carbonyl (C=O) groups excluding carboxylic acids is 2. The predicted octanol–water partition coefficient (Wildman–Crippen LogP) is 2.60. The second-order valence-corrected chi connectivity index (χ2v) is 7.13. The number of benzene rings is 2. The fourth-order valence-corrected chi connectivity index (χ4v) is 3.41. The van der Waals surface area contributed by atoms with Crippen molar-refractivity contribution in [3.05, 3.63) is 58.1 Å². The maximum absolute atomic E-state index is 12.8. The molecule has 2 aromatic rings. The lowest BCUT2D eigenvalue weighted by Gasteiger charge is -2.34. The van der Waals surface area contributed by atoms with Crippen LogP contribution in [0.15, 0.2) is 42.5 Å². The zero-order chi connectivity index (χ0) is 24.0. The SMILES string of the molecule is COc1ccc(NC(=O)CN2CCN(C(=O)c3ccccc3OC(F)F)CC2)c([N+](=O)[O-])c1. The molecule has 33 heavy (non-hydrogen) atoms. The second-order valence-electron chi connectivity index (χ2n) is 7.13. The molecule has 0 bridgehead atoms. The van der Waals surface area contributed by atoms with E-state index in [4.69, 9.17) is 4.74 Å². The fraction of sp³-hybridized carbons (Fsp3) is 0.333. The lowest BCUT2D eigenvalue weighted by atomic mass is 10.1. The number of alkyl halides is 2. The van der Waals surface area contributed by atoms with Crippen LogP contribution in [0.2, 0.25) is 0 Å². The summed E-state index contributed by atoms with van der Waals surface area (Å²) in [6.07, 6.45) is 0. The third-order valence-electron chi connectivity index (χ3n) is 5.04. The maximum atomic E-state index is 12.8. The van der Waals surface area contributed by atoms with E-state index < -0.39 is 23.3 Å². The summed E-state index contributed by atoms with van der Waals surface area (Å²) in [5.41, 5.74) is -0.200. The molecule has 0 aliphatic carbocycles. The Hall–Kier alpha value is -3.80. The van der Waals surface area contributed by atoms with Gasteiger partial charge in [-0.15, -0.1) is 0 Å². The Balaban J connectivity index is 1.56. The number of rotatable bonds is 8. The molecule has 0 aromatic heterocycles. The second kappa shape index (κ2) is 10.7. The van der Waals surface area contributed by atoms with Gasteiger partial charge < -0.3 is 19.7 Å². The largest absolute Gasteiger partial charge is 0.496 e. The summed E-state index contributed by atoms with van der Waals surface area (Å²) < 4.78 is 34.6. The van der Waals surface area contributed by atoms with Crippen molar-refractivity contribution >= 4 is 23.2 Å². The van der Waals surface area contributed by atoms with Gasteiger partial charge in [0.25, 0.3) is 11.6 Å². The Morgan fingerprint density at radius 3 is 2.48 bits per heavy atom. The van der Waals surface area contributed by atoms with Gasteiger partial charge in [0, 0.05) is 26.2 Å². The zero-order valence-corrected chi connectivity index (χ0v) is 17.7. The van der Waals surface area contributed by atoms with Gasteiger partial charge in [-0.1, -0.05) is 12.1 Å². The summed E-state index contributed by atoms with van der Waals surface area (Å²) in [7, 11) is 1.38. The summed E-state index contributed by atoms with van der Waals surface area (Å²) in [5.74, 6) is -0.788. The molecule has 1 N–H and O–H groups in total. The maximum Gasteiger partial charge on any atom is 0.387 e. The highest BCUT2D eigenvalue weighted by atomic mass is 19.3. The number of hydrogen-bond acceptors (Lipinski definition) is 7. The Labute approximate surface area is 187 Å². The molecule has 2 amide bonds. The third kappa shape index (κ3) is 6.13. The number of nitro groups is 1. The van der Waals surface area contributed by atoms with Crippen molar-refractivity contribution in [2.24, 2.45) is 0 Å². The van der Waals surface area contributed by atoms with E-state index in [9.17, 15) is 28.5 Å². The molecule has 1 heterocycles. The van der Waals surface area contributed by atoms with Crippen molar-refractivity contribution in [1.29, 1.82) is 0 Å². The molecular formula is C21H22F2N4O6. The van der Waals surface area contributed by atoms with Crippen LogP contribution in [0.4, 0.5) is 20.2 Å². The van der Waals surface area contributed by atoms with Crippen molar-refractivity contribution in [1.82, 2.24) is 9.80 Å². The Morgan fingerprint density at radius 1 is 1.15 bits per heavy atom. The van der Waals surface area contributed by atoms with Crippen LogP contribution in [0, 0.1) is 10.1 Å². The average Bonchev–Trinajstić information content (AvgIpc) is 2.79. The first-order valence-electron chi connectivity index (χ1n) is 9.96. The molecule has 1 saturated heterocycles. The molecule has 1 aliphatic heterocycles. The Morgan fingerprint density at radius 2 is 1.85 bits per heavy atom. The standard InChI is InChI=1S/C21H22F2N4O6/c1-32-14-6-7-16(17(12-14)27(30)31)24-19(28)13-25-8-10-26(11-9-25)20(29)15-4-2-3-5-18(15)33-21(22)23/h2-7,12,21H,8-11,13H2,1H3,(H,24,28). The van der Waals surface area contributed by atoms with Crippen molar-refractivity contribution in [2.75, 3.05) is 45.2 Å². The van der Waals surface area contributed by atoms with Gasteiger partial charge in [-0.25, -0.2) is 0 Å². The molecule has 1 fully saturated rings. The summed E-state index contributed by atoms with van der Waals surface area (Å²) >= 11 is 0. The molecule has 0 spiro atoms. The summed E-state index contributed by atoms with van der Waals surface area (Å²) in [4.78, 5) is 39.1. The number of methoxy groups -OCH3 is 1. The molecule has 176 valence electrons. The first-order valence-corrected chi connectivity index (χ1v) is 9.96. The van der Waals surface area contributed by atoms with Gasteiger partial charge in [-0.2, -0.15) is 8.78 Å². The van der Waals surface area contributed by atoms with Crippen LogP contribution >= 0.6 is 0 Å². The van der Waals surface area contributed by atoms with E-state index in [1.54, 1.807) is 11.0 Å². The number of hydrogen-bond donors (Lipinski definition) is 1. The van der Waals surface area contributed by atoms with Gasteiger partial charge in [0.15, 0.2) is 0 Å². The van der Waals surface area contributed by atoms with E-state index in [0.717, 1.165) is 0 Å². The minimum absolute atomic E-state index is 0.0315. The third-order valence-corrected chi connectivity index (χ3v) is 5.04. The van der Waals surface area contributed by atoms with Crippen LogP contribution in [-0.2, 0) is 4.79 Å². The van der Waals surface area contributed by atoms with Gasteiger partial charge >= 0.3 is 6.61 Å². The van der Waals surface area contributed by atoms with Gasteiger partial charge in [0.05, 0.1) is 30.2 Å². The highest BCUT2D eigenvalue weighted by molar-refractivity contribution is 5.97. The van der Waals surface area contributed by atoms with Gasteiger partial charge in [0.2, 0.25) is 5.91 Å². The highest BCUT2D eigenvalue weighted by Crippen LogP contribution is 2.29. The number of ether oxygens (including phenoxy) is 2. The Bertz CT molecular complexity index is 1030. The molecule has 2 aromatic carbocycles. The van der Waals surface area contributed by atoms with Crippen LogP contribution in [0.5, 0.6) is 11.5 Å². The number of piperazine rings is 1. The Kier molecular flexibility index (Phi) is 7.72. The summed E-state index contributed by atoms with van der Waals surface area (Å²) in [5, 5.41) is 13.8. The number of amides is 2. The van der Waals surface area contributed by atoms with Crippen LogP contribution < -0.4 is 14.8 Å². The smallest absolute Gasteiger partial charge is 0.387 e. The predicted molar refractivity (Wildman–Crippen MR) is 114 cm³/mol. The van der Waals surface area contributed by atoms with Gasteiger partial charge in [0.1, 0.15) is 17.2 Å². The molecule has 3 rings (SSSR count). The van der Waals surface area contributed by atoms with E-state index in [-0.39, 0.29) is 42.3 Å². The van der Waals surface area contributed by atoms with Crippen LogP contribution in [-0.4, -0.2) is 73.0 Å². The lowest BCUT2D eigenvalue weighted by molar-refractivity contribution is -0.384. The number of nitrogens with zero attached hydrogens (tertiary/aromatic N) is 3. The van der Waals surface area contributed by atoms with Crippen molar-refractivity contribution in [2.45, 2.75) is 6.61 Å². The molecule has 1 aliphatic rings. The van der Waals surface area contributed by atoms with Crippen LogP contribution in [0.25, 0.3) is 0 Å². The number of anilines is 1. The average molecular weight is 464 g/mol. The number of nitrogens with one attached hydrogen (secondary N) is 1. The number of nitro benzene ring substituents is 1. The van der Waals surface area contributed by atoms with E-state index in [1.807, 2.05) is 0 Å². The molecule has 10 nitrogen and oxygen atoms in total.